The Bertz CT molecular complexity index is 202. The van der Waals surface area contributed by atoms with E-state index in [0.29, 0.717) is 25.4 Å². The van der Waals surface area contributed by atoms with E-state index in [1.807, 2.05) is 6.66 Å². The summed E-state index contributed by atoms with van der Waals surface area (Å²) in [5, 5.41) is 0. The van der Waals surface area contributed by atoms with Crippen molar-refractivity contribution >= 4 is 13.0 Å². The van der Waals surface area contributed by atoms with Gasteiger partial charge in [0.1, 0.15) is 0 Å². The second-order valence-corrected chi connectivity index (χ2v) is 6.74. The van der Waals surface area contributed by atoms with E-state index in [-0.39, 0.29) is 5.91 Å². The number of amides is 1. The van der Waals surface area contributed by atoms with Crippen molar-refractivity contribution in [3.8, 4) is 0 Å². The van der Waals surface area contributed by atoms with Gasteiger partial charge >= 0.3 is 0 Å². The highest BCUT2D eigenvalue weighted by Gasteiger charge is 2.24. The monoisotopic (exact) mass is 175 g/mol. The average molecular weight is 175 g/mol. The number of nitrogens with zero attached hydrogens (tertiary/aromatic N) is 1. The van der Waals surface area contributed by atoms with Crippen molar-refractivity contribution in [2.24, 2.45) is 0 Å². The van der Waals surface area contributed by atoms with Gasteiger partial charge in [0.2, 0.25) is 5.91 Å². The Balaban J connectivity index is 2.49. The minimum Gasteiger partial charge on any atom is -0.342 e. The summed E-state index contributed by atoms with van der Waals surface area (Å²) in [6.45, 7) is 4.75. The first-order valence-corrected chi connectivity index (χ1v) is 6.35. The van der Waals surface area contributed by atoms with Gasteiger partial charge in [-0.1, -0.05) is 0 Å². The molecular formula is C7H14NO2P. The number of hydrogen-bond acceptors (Lipinski definition) is 2. The molecule has 0 aromatic heterocycles. The standard InChI is InChI=1S/C7H14NO2P/c1-7(9)8-3-5-11(2,10)6-4-8/h3-6H2,1-2H3. The largest absolute Gasteiger partial charge is 0.342 e. The normalized spacial score (nSPS) is 23.3. The molecule has 0 aromatic rings. The highest BCUT2D eigenvalue weighted by Crippen LogP contribution is 2.42. The van der Waals surface area contributed by atoms with Crippen LogP contribution in [-0.2, 0) is 9.36 Å². The van der Waals surface area contributed by atoms with Crippen LogP contribution in [0, 0.1) is 0 Å². The Hall–Kier alpha value is -0.300. The van der Waals surface area contributed by atoms with Gasteiger partial charge in [0.25, 0.3) is 0 Å². The van der Waals surface area contributed by atoms with E-state index in [4.69, 9.17) is 0 Å². The molecule has 1 amide bonds. The van der Waals surface area contributed by atoms with Gasteiger partial charge in [0.05, 0.1) is 7.14 Å². The molecule has 0 bridgehead atoms. The van der Waals surface area contributed by atoms with Crippen LogP contribution >= 0.6 is 7.14 Å². The van der Waals surface area contributed by atoms with E-state index in [1.165, 1.54) is 0 Å². The van der Waals surface area contributed by atoms with Gasteiger partial charge in [-0.3, -0.25) is 4.79 Å². The Morgan fingerprint density at radius 3 is 2.18 bits per heavy atom. The smallest absolute Gasteiger partial charge is 0.219 e. The van der Waals surface area contributed by atoms with Crippen LogP contribution in [0.5, 0.6) is 0 Å². The van der Waals surface area contributed by atoms with Gasteiger partial charge < -0.3 is 9.46 Å². The Kier molecular flexibility index (Phi) is 2.38. The van der Waals surface area contributed by atoms with Crippen LogP contribution in [-0.4, -0.2) is 42.9 Å². The third kappa shape index (κ3) is 2.33. The summed E-state index contributed by atoms with van der Waals surface area (Å²) in [4.78, 5) is 12.6. The minimum atomic E-state index is -1.86. The van der Waals surface area contributed by atoms with Crippen LogP contribution in [0.2, 0.25) is 0 Å². The summed E-state index contributed by atoms with van der Waals surface area (Å²) in [7, 11) is -1.86. The molecule has 11 heavy (non-hydrogen) atoms. The summed E-state index contributed by atoms with van der Waals surface area (Å²) in [5.41, 5.74) is 0. The number of rotatable bonds is 0. The molecular weight excluding hydrogens is 161 g/mol. The molecule has 4 heteroatoms. The van der Waals surface area contributed by atoms with E-state index in [2.05, 4.69) is 0 Å². The number of carbonyl (C=O) groups excluding carboxylic acids is 1. The van der Waals surface area contributed by atoms with E-state index in [1.54, 1.807) is 11.8 Å². The predicted octanol–water partition coefficient (Wildman–Crippen LogP) is 0.841. The number of hydrogen-bond donors (Lipinski definition) is 0. The summed E-state index contributed by atoms with van der Waals surface area (Å²) >= 11 is 0. The lowest BCUT2D eigenvalue weighted by atomic mass is 10.5. The molecule has 3 nitrogen and oxygen atoms in total. The molecule has 1 aliphatic heterocycles. The second kappa shape index (κ2) is 2.98. The van der Waals surface area contributed by atoms with Crippen LogP contribution in [0.15, 0.2) is 0 Å². The van der Waals surface area contributed by atoms with Crippen LogP contribution in [0.1, 0.15) is 6.92 Å². The first kappa shape index (κ1) is 8.79. The molecule has 64 valence electrons. The fraction of sp³-hybridized carbons (Fsp3) is 0.857. The summed E-state index contributed by atoms with van der Waals surface area (Å²) < 4.78 is 11.5. The zero-order valence-corrected chi connectivity index (χ0v) is 7.93. The topological polar surface area (TPSA) is 37.4 Å². The van der Waals surface area contributed by atoms with Gasteiger partial charge in [-0.25, -0.2) is 0 Å². The van der Waals surface area contributed by atoms with Gasteiger partial charge in [0, 0.05) is 32.3 Å². The van der Waals surface area contributed by atoms with E-state index >= 15 is 0 Å². The fourth-order valence-corrected chi connectivity index (χ4v) is 2.76. The quantitative estimate of drug-likeness (QED) is 0.511. The maximum atomic E-state index is 11.5. The molecule has 1 saturated heterocycles. The second-order valence-electron chi connectivity index (χ2n) is 3.25. The van der Waals surface area contributed by atoms with Crippen LogP contribution < -0.4 is 0 Å². The lowest BCUT2D eigenvalue weighted by Crippen LogP contribution is -2.37. The van der Waals surface area contributed by atoms with Crippen molar-refractivity contribution in [2.45, 2.75) is 6.92 Å². The van der Waals surface area contributed by atoms with Crippen LogP contribution in [0.3, 0.4) is 0 Å². The third-order valence-corrected chi connectivity index (χ3v) is 4.42. The molecule has 0 atom stereocenters. The van der Waals surface area contributed by atoms with Gasteiger partial charge in [-0.2, -0.15) is 0 Å². The van der Waals surface area contributed by atoms with Crippen molar-refractivity contribution in [3.63, 3.8) is 0 Å². The zero-order valence-electron chi connectivity index (χ0n) is 7.04. The van der Waals surface area contributed by atoms with Crippen molar-refractivity contribution in [1.82, 2.24) is 4.90 Å². The fourth-order valence-electron chi connectivity index (χ4n) is 1.20. The summed E-state index contributed by atoms with van der Waals surface area (Å²) in [6.07, 6.45) is 1.40. The van der Waals surface area contributed by atoms with Crippen molar-refractivity contribution in [2.75, 3.05) is 32.1 Å². The lowest BCUT2D eigenvalue weighted by Gasteiger charge is -2.29. The summed E-state index contributed by atoms with van der Waals surface area (Å²) in [6, 6.07) is 0. The minimum absolute atomic E-state index is 0.102. The van der Waals surface area contributed by atoms with Crippen molar-refractivity contribution in [3.05, 3.63) is 0 Å². The van der Waals surface area contributed by atoms with Crippen molar-refractivity contribution in [1.29, 1.82) is 0 Å². The maximum Gasteiger partial charge on any atom is 0.219 e. The zero-order chi connectivity index (χ0) is 8.48. The van der Waals surface area contributed by atoms with Gasteiger partial charge in [-0.05, 0) is 6.66 Å². The molecule has 0 aliphatic carbocycles. The van der Waals surface area contributed by atoms with E-state index < -0.39 is 7.14 Å². The SMILES string of the molecule is CC(=O)N1CCP(C)(=O)CC1. The summed E-state index contributed by atoms with van der Waals surface area (Å²) in [5.74, 6) is 0.102. The first-order chi connectivity index (χ1) is 5.01. The molecule has 0 radical (unpaired) electrons. The number of carbonyl (C=O) groups is 1. The Labute approximate surface area is 67.1 Å². The van der Waals surface area contributed by atoms with Crippen LogP contribution in [0.25, 0.3) is 0 Å². The van der Waals surface area contributed by atoms with E-state index in [9.17, 15) is 9.36 Å². The highest BCUT2D eigenvalue weighted by atomic mass is 31.2. The van der Waals surface area contributed by atoms with Gasteiger partial charge in [-0.15, -0.1) is 0 Å². The lowest BCUT2D eigenvalue weighted by molar-refractivity contribution is -0.128. The van der Waals surface area contributed by atoms with Gasteiger partial charge in [0.15, 0.2) is 0 Å². The molecule has 1 rings (SSSR count). The first-order valence-electron chi connectivity index (χ1n) is 3.82. The van der Waals surface area contributed by atoms with E-state index in [0.717, 1.165) is 0 Å². The molecule has 0 unspecified atom stereocenters. The molecule has 0 spiro atoms. The highest BCUT2D eigenvalue weighted by molar-refractivity contribution is 7.63. The van der Waals surface area contributed by atoms with Crippen LogP contribution in [0.4, 0.5) is 0 Å². The average Bonchev–Trinajstić information content (AvgIpc) is 1.86. The Morgan fingerprint density at radius 2 is 1.82 bits per heavy atom. The maximum absolute atomic E-state index is 11.5. The van der Waals surface area contributed by atoms with Crippen molar-refractivity contribution < 1.29 is 9.36 Å². The molecule has 0 aromatic carbocycles. The molecule has 0 saturated carbocycles. The molecule has 0 N–H and O–H groups in total. The Morgan fingerprint density at radius 1 is 1.36 bits per heavy atom. The predicted molar refractivity (Wildman–Crippen MR) is 45.5 cm³/mol. The molecule has 1 fully saturated rings. The molecule has 1 heterocycles. The third-order valence-electron chi connectivity index (χ3n) is 2.13. The molecule has 1 aliphatic rings.